The van der Waals surface area contributed by atoms with Gasteiger partial charge in [0.15, 0.2) is 0 Å². The van der Waals surface area contributed by atoms with E-state index in [4.69, 9.17) is 16.3 Å². The van der Waals surface area contributed by atoms with E-state index in [2.05, 4.69) is 5.32 Å². The molecule has 0 aliphatic carbocycles. The lowest BCUT2D eigenvalue weighted by atomic mass is 10.2. The molecule has 0 aromatic heterocycles. The van der Waals surface area contributed by atoms with Crippen LogP contribution in [0.2, 0.25) is 5.02 Å². The summed E-state index contributed by atoms with van der Waals surface area (Å²) in [4.78, 5) is 12.5. The maximum atomic E-state index is 12.8. The summed E-state index contributed by atoms with van der Waals surface area (Å²) in [5, 5.41) is 3.51. The SMILES string of the molecule is Cc1ccc(S(=O)(=O)N2CCOCC2)cc1NC(=O)CSCc1ccc(Cl)cc1. The molecule has 29 heavy (non-hydrogen) atoms. The Morgan fingerprint density at radius 2 is 1.86 bits per heavy atom. The molecule has 0 spiro atoms. The maximum Gasteiger partial charge on any atom is 0.243 e. The van der Waals surface area contributed by atoms with E-state index in [1.807, 2.05) is 31.2 Å². The van der Waals surface area contributed by atoms with Crippen LogP contribution in [0.4, 0.5) is 5.69 Å². The summed E-state index contributed by atoms with van der Waals surface area (Å²) in [7, 11) is -3.61. The summed E-state index contributed by atoms with van der Waals surface area (Å²) in [6.07, 6.45) is 0. The van der Waals surface area contributed by atoms with Crippen LogP contribution in [0.1, 0.15) is 11.1 Å². The molecule has 1 N–H and O–H groups in total. The normalized spacial score (nSPS) is 15.2. The predicted octanol–water partition coefficient (Wildman–Crippen LogP) is 3.54. The summed E-state index contributed by atoms with van der Waals surface area (Å²) in [6, 6.07) is 12.3. The van der Waals surface area contributed by atoms with E-state index in [0.29, 0.717) is 42.8 Å². The number of rotatable bonds is 7. The van der Waals surface area contributed by atoms with Gasteiger partial charge in [0.05, 0.1) is 23.9 Å². The number of halogens is 1. The van der Waals surface area contributed by atoms with Gasteiger partial charge >= 0.3 is 0 Å². The van der Waals surface area contributed by atoms with Crippen molar-refractivity contribution < 1.29 is 17.9 Å². The Bertz CT molecular complexity index is 959. The highest BCUT2D eigenvalue weighted by molar-refractivity contribution is 7.99. The van der Waals surface area contributed by atoms with Gasteiger partial charge in [-0.3, -0.25) is 4.79 Å². The molecule has 0 radical (unpaired) electrons. The van der Waals surface area contributed by atoms with Crippen LogP contribution in [0.5, 0.6) is 0 Å². The molecule has 0 bridgehead atoms. The van der Waals surface area contributed by atoms with Gasteiger partial charge < -0.3 is 10.1 Å². The Hall–Kier alpha value is -1.58. The number of carbonyl (C=O) groups is 1. The Morgan fingerprint density at radius 3 is 2.55 bits per heavy atom. The summed E-state index contributed by atoms with van der Waals surface area (Å²) in [5.41, 5.74) is 2.40. The number of benzene rings is 2. The van der Waals surface area contributed by atoms with Crippen molar-refractivity contribution in [3.8, 4) is 0 Å². The van der Waals surface area contributed by atoms with Gasteiger partial charge in [-0.15, -0.1) is 11.8 Å². The molecule has 0 saturated carbocycles. The first-order valence-electron chi connectivity index (χ1n) is 9.17. The van der Waals surface area contributed by atoms with Crippen molar-refractivity contribution in [2.45, 2.75) is 17.6 Å². The van der Waals surface area contributed by atoms with E-state index in [9.17, 15) is 13.2 Å². The van der Waals surface area contributed by atoms with Crippen molar-refractivity contribution in [1.82, 2.24) is 4.31 Å². The molecule has 3 rings (SSSR count). The second-order valence-corrected chi connectivity index (χ2v) is 10.0. The van der Waals surface area contributed by atoms with Crippen LogP contribution in [0.3, 0.4) is 0 Å². The minimum Gasteiger partial charge on any atom is -0.379 e. The number of carbonyl (C=O) groups excluding carboxylic acids is 1. The second-order valence-electron chi connectivity index (χ2n) is 6.66. The molecule has 1 amide bonds. The molecule has 1 heterocycles. The Labute approximate surface area is 180 Å². The topological polar surface area (TPSA) is 75.7 Å². The Kier molecular flexibility index (Phi) is 7.59. The van der Waals surface area contributed by atoms with E-state index in [0.717, 1.165) is 11.1 Å². The fraction of sp³-hybridized carbons (Fsp3) is 0.350. The number of morpholine rings is 1. The number of nitrogens with zero attached hydrogens (tertiary/aromatic N) is 1. The first-order chi connectivity index (χ1) is 13.9. The highest BCUT2D eigenvalue weighted by Gasteiger charge is 2.26. The number of nitrogens with one attached hydrogen (secondary N) is 1. The molecule has 9 heteroatoms. The van der Waals surface area contributed by atoms with Crippen LogP contribution in [0.25, 0.3) is 0 Å². The summed E-state index contributed by atoms with van der Waals surface area (Å²) in [6.45, 7) is 3.28. The first-order valence-corrected chi connectivity index (χ1v) is 12.1. The highest BCUT2D eigenvalue weighted by atomic mass is 35.5. The molecule has 1 aliphatic rings. The molecule has 2 aromatic rings. The van der Waals surface area contributed by atoms with E-state index in [1.54, 1.807) is 12.1 Å². The zero-order valence-corrected chi connectivity index (χ0v) is 18.4. The Morgan fingerprint density at radius 1 is 1.17 bits per heavy atom. The van der Waals surface area contributed by atoms with E-state index in [-0.39, 0.29) is 16.6 Å². The molecular weight excluding hydrogens is 432 g/mol. The smallest absolute Gasteiger partial charge is 0.243 e. The zero-order valence-electron chi connectivity index (χ0n) is 16.1. The molecule has 156 valence electrons. The van der Waals surface area contributed by atoms with Crippen LogP contribution < -0.4 is 5.32 Å². The van der Waals surface area contributed by atoms with Crippen LogP contribution in [-0.2, 0) is 25.3 Å². The van der Waals surface area contributed by atoms with Crippen LogP contribution >= 0.6 is 23.4 Å². The highest BCUT2D eigenvalue weighted by Crippen LogP contribution is 2.24. The minimum absolute atomic E-state index is 0.173. The monoisotopic (exact) mass is 454 g/mol. The largest absolute Gasteiger partial charge is 0.379 e. The molecule has 6 nitrogen and oxygen atoms in total. The van der Waals surface area contributed by atoms with Crippen molar-refractivity contribution in [2.75, 3.05) is 37.4 Å². The number of amides is 1. The molecule has 0 unspecified atom stereocenters. The van der Waals surface area contributed by atoms with E-state index < -0.39 is 10.0 Å². The maximum absolute atomic E-state index is 12.8. The van der Waals surface area contributed by atoms with E-state index >= 15 is 0 Å². The van der Waals surface area contributed by atoms with Crippen molar-refractivity contribution in [3.63, 3.8) is 0 Å². The van der Waals surface area contributed by atoms with Gasteiger partial charge in [0.2, 0.25) is 15.9 Å². The summed E-state index contributed by atoms with van der Waals surface area (Å²) in [5.74, 6) is 0.783. The number of sulfonamides is 1. The predicted molar refractivity (Wildman–Crippen MR) is 117 cm³/mol. The lowest BCUT2D eigenvalue weighted by Crippen LogP contribution is -2.40. The van der Waals surface area contributed by atoms with Crippen LogP contribution in [0, 0.1) is 6.92 Å². The number of thioether (sulfide) groups is 1. The third-order valence-electron chi connectivity index (χ3n) is 4.51. The Balaban J connectivity index is 1.61. The van der Waals surface area contributed by atoms with Gasteiger partial charge in [0, 0.05) is 29.6 Å². The average Bonchev–Trinajstić information content (AvgIpc) is 2.71. The number of aryl methyl sites for hydroxylation is 1. The molecular formula is C20H23ClN2O4S2. The average molecular weight is 455 g/mol. The van der Waals surface area contributed by atoms with Crippen molar-refractivity contribution in [3.05, 3.63) is 58.6 Å². The minimum atomic E-state index is -3.61. The number of ether oxygens (including phenoxy) is 1. The fourth-order valence-corrected chi connectivity index (χ4v) is 5.21. The third kappa shape index (κ3) is 5.96. The van der Waals surface area contributed by atoms with Gasteiger partial charge in [0.1, 0.15) is 0 Å². The first kappa shape index (κ1) is 22.1. The molecule has 0 atom stereocenters. The lowest BCUT2D eigenvalue weighted by Gasteiger charge is -2.26. The number of hydrogen-bond donors (Lipinski definition) is 1. The molecule has 2 aromatic carbocycles. The van der Waals surface area contributed by atoms with Gasteiger partial charge in [-0.25, -0.2) is 8.42 Å². The fourth-order valence-electron chi connectivity index (χ4n) is 2.86. The number of hydrogen-bond acceptors (Lipinski definition) is 5. The second kappa shape index (κ2) is 9.95. The molecule has 1 fully saturated rings. The lowest BCUT2D eigenvalue weighted by molar-refractivity contribution is -0.113. The van der Waals surface area contributed by atoms with Crippen LogP contribution in [0.15, 0.2) is 47.4 Å². The third-order valence-corrected chi connectivity index (χ3v) is 7.66. The van der Waals surface area contributed by atoms with Crippen LogP contribution in [-0.4, -0.2) is 50.7 Å². The molecule has 1 aliphatic heterocycles. The van der Waals surface area contributed by atoms with E-state index in [1.165, 1.54) is 22.1 Å². The standard InChI is InChI=1S/C20H23ClN2O4S2/c1-15-2-7-18(29(25,26)23-8-10-27-11-9-23)12-19(15)22-20(24)14-28-13-16-3-5-17(21)6-4-16/h2-7,12H,8-11,13-14H2,1H3,(H,22,24). The van der Waals surface area contributed by atoms with Crippen molar-refractivity contribution in [2.24, 2.45) is 0 Å². The quantitative estimate of drug-likeness (QED) is 0.692. The van der Waals surface area contributed by atoms with Gasteiger partial charge in [-0.2, -0.15) is 4.31 Å². The summed E-state index contributed by atoms with van der Waals surface area (Å²) < 4.78 is 32.3. The zero-order chi connectivity index (χ0) is 20.9. The number of anilines is 1. The van der Waals surface area contributed by atoms with Crippen molar-refractivity contribution in [1.29, 1.82) is 0 Å². The summed E-state index contributed by atoms with van der Waals surface area (Å²) >= 11 is 7.36. The van der Waals surface area contributed by atoms with Gasteiger partial charge in [0.25, 0.3) is 0 Å². The van der Waals surface area contributed by atoms with Gasteiger partial charge in [-0.05, 0) is 42.3 Å². The van der Waals surface area contributed by atoms with Crippen molar-refractivity contribution >= 4 is 45.0 Å². The van der Waals surface area contributed by atoms with Gasteiger partial charge in [-0.1, -0.05) is 29.8 Å². The molecule has 1 saturated heterocycles.